The smallest absolute Gasteiger partial charge is 0.120 e. The number of nitrogens with zero attached hydrogens (tertiary/aromatic N) is 1. The second kappa shape index (κ2) is 5.83. The number of hydrogen-bond donors (Lipinski definition) is 2. The number of H-pyrrole nitrogens is 1. The number of aromatic nitrogens is 2. The zero-order chi connectivity index (χ0) is 13.0. The highest BCUT2D eigenvalue weighted by Gasteiger charge is 2.03. The van der Waals surface area contributed by atoms with Gasteiger partial charge in [-0.1, -0.05) is 45.0 Å². The van der Waals surface area contributed by atoms with Crippen molar-refractivity contribution in [3.63, 3.8) is 0 Å². The molecule has 0 saturated heterocycles. The van der Waals surface area contributed by atoms with Gasteiger partial charge in [0.25, 0.3) is 0 Å². The Kier molecular flexibility index (Phi) is 4.15. The SMILES string of the molecule is CCc1ccc(-c2cnc(CNC(C)C)[nH]2)cc1. The Morgan fingerprint density at radius 1 is 1.22 bits per heavy atom. The molecule has 18 heavy (non-hydrogen) atoms. The van der Waals surface area contributed by atoms with Crippen molar-refractivity contribution < 1.29 is 0 Å². The fourth-order valence-electron chi connectivity index (χ4n) is 1.82. The van der Waals surface area contributed by atoms with Crippen LogP contribution in [-0.2, 0) is 13.0 Å². The molecule has 1 aromatic carbocycles. The van der Waals surface area contributed by atoms with Gasteiger partial charge in [-0.3, -0.25) is 0 Å². The van der Waals surface area contributed by atoms with Crippen LogP contribution in [-0.4, -0.2) is 16.0 Å². The van der Waals surface area contributed by atoms with Crippen LogP contribution in [0.1, 0.15) is 32.2 Å². The molecule has 2 aromatic rings. The maximum Gasteiger partial charge on any atom is 0.120 e. The summed E-state index contributed by atoms with van der Waals surface area (Å²) >= 11 is 0. The first-order chi connectivity index (χ1) is 8.69. The van der Waals surface area contributed by atoms with Crippen LogP contribution in [0.25, 0.3) is 11.3 Å². The molecule has 0 saturated carbocycles. The van der Waals surface area contributed by atoms with E-state index < -0.39 is 0 Å². The second-order valence-electron chi connectivity index (χ2n) is 4.83. The number of aryl methyl sites for hydroxylation is 1. The molecular weight excluding hydrogens is 222 g/mol. The molecule has 0 amide bonds. The van der Waals surface area contributed by atoms with Crippen LogP contribution in [0.5, 0.6) is 0 Å². The van der Waals surface area contributed by atoms with Gasteiger partial charge in [0.1, 0.15) is 5.82 Å². The molecule has 0 aliphatic rings. The van der Waals surface area contributed by atoms with E-state index in [0.29, 0.717) is 6.04 Å². The minimum atomic E-state index is 0.474. The third-order valence-corrected chi connectivity index (χ3v) is 2.98. The molecule has 0 bridgehead atoms. The lowest BCUT2D eigenvalue weighted by atomic mass is 10.1. The molecule has 0 aliphatic carbocycles. The summed E-state index contributed by atoms with van der Waals surface area (Å²) in [5.41, 5.74) is 3.63. The minimum absolute atomic E-state index is 0.474. The molecule has 1 aromatic heterocycles. The average Bonchev–Trinajstić information content (AvgIpc) is 2.85. The van der Waals surface area contributed by atoms with E-state index in [1.807, 2.05) is 6.20 Å². The summed E-state index contributed by atoms with van der Waals surface area (Å²) in [7, 11) is 0. The van der Waals surface area contributed by atoms with E-state index in [1.165, 1.54) is 11.1 Å². The lowest BCUT2D eigenvalue weighted by Crippen LogP contribution is -2.22. The van der Waals surface area contributed by atoms with Crippen molar-refractivity contribution >= 4 is 0 Å². The fourth-order valence-corrected chi connectivity index (χ4v) is 1.82. The van der Waals surface area contributed by atoms with E-state index >= 15 is 0 Å². The lowest BCUT2D eigenvalue weighted by Gasteiger charge is -2.05. The third-order valence-electron chi connectivity index (χ3n) is 2.98. The molecule has 0 radical (unpaired) electrons. The van der Waals surface area contributed by atoms with E-state index in [0.717, 1.165) is 24.5 Å². The molecule has 0 spiro atoms. The highest BCUT2D eigenvalue weighted by atomic mass is 15.0. The maximum absolute atomic E-state index is 4.39. The molecule has 2 N–H and O–H groups in total. The van der Waals surface area contributed by atoms with E-state index in [2.05, 4.69) is 60.3 Å². The van der Waals surface area contributed by atoms with Crippen LogP contribution in [0.15, 0.2) is 30.5 Å². The molecule has 96 valence electrons. The lowest BCUT2D eigenvalue weighted by molar-refractivity contribution is 0.575. The first-order valence-corrected chi connectivity index (χ1v) is 6.55. The van der Waals surface area contributed by atoms with Gasteiger partial charge < -0.3 is 10.3 Å². The molecular formula is C15H21N3. The summed E-state index contributed by atoms with van der Waals surface area (Å²) < 4.78 is 0. The molecule has 3 heteroatoms. The van der Waals surface area contributed by atoms with E-state index in [-0.39, 0.29) is 0 Å². The molecule has 1 heterocycles. The van der Waals surface area contributed by atoms with Crippen molar-refractivity contribution in [1.29, 1.82) is 0 Å². The monoisotopic (exact) mass is 243 g/mol. The van der Waals surface area contributed by atoms with Gasteiger partial charge >= 0.3 is 0 Å². The van der Waals surface area contributed by atoms with Crippen molar-refractivity contribution in [2.45, 2.75) is 39.8 Å². The number of imidazole rings is 1. The number of nitrogens with one attached hydrogen (secondary N) is 2. The zero-order valence-corrected chi connectivity index (χ0v) is 11.3. The average molecular weight is 243 g/mol. The second-order valence-corrected chi connectivity index (χ2v) is 4.83. The Labute approximate surface area is 109 Å². The van der Waals surface area contributed by atoms with Gasteiger partial charge in [0, 0.05) is 6.04 Å². The van der Waals surface area contributed by atoms with Gasteiger partial charge in [-0.25, -0.2) is 4.98 Å². The number of aromatic amines is 1. The van der Waals surface area contributed by atoms with Crippen molar-refractivity contribution in [3.8, 4) is 11.3 Å². The zero-order valence-electron chi connectivity index (χ0n) is 11.3. The van der Waals surface area contributed by atoms with E-state index in [4.69, 9.17) is 0 Å². The fraction of sp³-hybridized carbons (Fsp3) is 0.400. The summed E-state index contributed by atoms with van der Waals surface area (Å²) in [5, 5.41) is 3.35. The van der Waals surface area contributed by atoms with Crippen LogP contribution in [0, 0.1) is 0 Å². The van der Waals surface area contributed by atoms with Crippen LogP contribution in [0.2, 0.25) is 0 Å². The van der Waals surface area contributed by atoms with Gasteiger partial charge in [0.05, 0.1) is 18.4 Å². The largest absolute Gasteiger partial charge is 0.341 e. The minimum Gasteiger partial charge on any atom is -0.341 e. The Hall–Kier alpha value is -1.61. The van der Waals surface area contributed by atoms with E-state index in [9.17, 15) is 0 Å². The standard InChI is InChI=1S/C15H21N3/c1-4-12-5-7-13(8-6-12)14-9-17-15(18-14)10-16-11(2)3/h5-9,11,16H,4,10H2,1-3H3,(H,17,18). The number of benzene rings is 1. The van der Waals surface area contributed by atoms with Gasteiger partial charge in [-0.2, -0.15) is 0 Å². The highest BCUT2D eigenvalue weighted by molar-refractivity contribution is 5.58. The molecule has 0 atom stereocenters. The van der Waals surface area contributed by atoms with Crippen molar-refractivity contribution in [1.82, 2.24) is 15.3 Å². The first-order valence-electron chi connectivity index (χ1n) is 6.55. The van der Waals surface area contributed by atoms with Crippen LogP contribution >= 0.6 is 0 Å². The van der Waals surface area contributed by atoms with E-state index in [1.54, 1.807) is 0 Å². The summed E-state index contributed by atoms with van der Waals surface area (Å²) in [6.07, 6.45) is 2.98. The van der Waals surface area contributed by atoms with Crippen LogP contribution in [0.3, 0.4) is 0 Å². The van der Waals surface area contributed by atoms with Crippen molar-refractivity contribution in [2.24, 2.45) is 0 Å². The molecule has 2 rings (SSSR count). The predicted octanol–water partition coefficient (Wildman–Crippen LogP) is 3.14. The maximum atomic E-state index is 4.39. The summed E-state index contributed by atoms with van der Waals surface area (Å²) in [4.78, 5) is 7.74. The molecule has 0 unspecified atom stereocenters. The van der Waals surface area contributed by atoms with Gasteiger partial charge in [0.15, 0.2) is 0 Å². The molecule has 3 nitrogen and oxygen atoms in total. The van der Waals surface area contributed by atoms with Gasteiger partial charge in [0.2, 0.25) is 0 Å². The van der Waals surface area contributed by atoms with Crippen molar-refractivity contribution in [2.75, 3.05) is 0 Å². The predicted molar refractivity (Wildman–Crippen MR) is 75.4 cm³/mol. The molecule has 0 aliphatic heterocycles. The van der Waals surface area contributed by atoms with Crippen LogP contribution in [0.4, 0.5) is 0 Å². The van der Waals surface area contributed by atoms with Crippen LogP contribution < -0.4 is 5.32 Å². The molecule has 0 fully saturated rings. The summed E-state index contributed by atoms with van der Waals surface area (Å²) in [6.45, 7) is 7.21. The number of rotatable bonds is 5. The summed E-state index contributed by atoms with van der Waals surface area (Å²) in [6, 6.07) is 9.10. The summed E-state index contributed by atoms with van der Waals surface area (Å²) in [5.74, 6) is 0.985. The first kappa shape index (κ1) is 12.8. The normalized spacial score (nSPS) is 11.1. The Bertz CT molecular complexity index is 483. The Balaban J connectivity index is 2.08. The van der Waals surface area contributed by atoms with Crippen molar-refractivity contribution in [3.05, 3.63) is 41.9 Å². The topological polar surface area (TPSA) is 40.7 Å². The van der Waals surface area contributed by atoms with Gasteiger partial charge in [-0.05, 0) is 17.5 Å². The highest BCUT2D eigenvalue weighted by Crippen LogP contribution is 2.17. The number of hydrogen-bond acceptors (Lipinski definition) is 2. The van der Waals surface area contributed by atoms with Gasteiger partial charge in [-0.15, -0.1) is 0 Å². The third kappa shape index (κ3) is 3.20. The Morgan fingerprint density at radius 2 is 1.94 bits per heavy atom. The Morgan fingerprint density at radius 3 is 2.56 bits per heavy atom. The quantitative estimate of drug-likeness (QED) is 0.847.